The second-order valence-corrected chi connectivity index (χ2v) is 6.06. The second-order valence-electron chi connectivity index (χ2n) is 6.06. The molecule has 0 unspecified atom stereocenters. The first-order chi connectivity index (χ1) is 12.4. The zero-order valence-corrected chi connectivity index (χ0v) is 14.1. The maximum Gasteiger partial charge on any atom is 0.416 e. The van der Waals surface area contributed by atoms with Gasteiger partial charge in [0, 0.05) is 31.9 Å². The minimum atomic E-state index is -4.36. The number of ether oxygens (including phenoxy) is 1. The number of benzene rings is 2. The number of carbonyl (C=O) groups is 1. The summed E-state index contributed by atoms with van der Waals surface area (Å²) < 4.78 is 43.8. The highest BCUT2D eigenvalue weighted by atomic mass is 19.4. The van der Waals surface area contributed by atoms with E-state index in [4.69, 9.17) is 4.74 Å². The third-order valence-electron chi connectivity index (χ3n) is 4.28. The molecule has 1 aliphatic heterocycles. The van der Waals surface area contributed by atoms with Crippen LogP contribution in [0.15, 0.2) is 54.6 Å². The smallest absolute Gasteiger partial charge is 0.416 e. The standard InChI is InChI=1S/C19H19F3N2O2/c20-19(21,22)16-7-4-8-17(13-16)23-9-11-24(12-10-23)18(25)26-14-15-5-2-1-3-6-15/h1-8,13H,9-12,14H2. The molecule has 3 rings (SSSR count). The first kappa shape index (κ1) is 18.1. The van der Waals surface area contributed by atoms with Crippen molar-refractivity contribution in [2.24, 2.45) is 0 Å². The number of nitrogens with zero attached hydrogens (tertiary/aromatic N) is 2. The summed E-state index contributed by atoms with van der Waals surface area (Å²) in [5, 5.41) is 0. The van der Waals surface area contributed by atoms with E-state index >= 15 is 0 Å². The molecule has 1 fully saturated rings. The Morgan fingerprint density at radius 2 is 1.65 bits per heavy atom. The maximum atomic E-state index is 12.8. The van der Waals surface area contributed by atoms with Gasteiger partial charge in [-0.1, -0.05) is 36.4 Å². The molecule has 0 aliphatic carbocycles. The van der Waals surface area contributed by atoms with Crippen molar-refractivity contribution in [3.63, 3.8) is 0 Å². The number of anilines is 1. The van der Waals surface area contributed by atoms with Gasteiger partial charge >= 0.3 is 12.3 Å². The highest BCUT2D eigenvalue weighted by Crippen LogP contribution is 2.31. The highest BCUT2D eigenvalue weighted by molar-refractivity contribution is 5.68. The average molecular weight is 364 g/mol. The monoisotopic (exact) mass is 364 g/mol. The Morgan fingerprint density at radius 1 is 0.962 bits per heavy atom. The highest BCUT2D eigenvalue weighted by Gasteiger charge is 2.31. The molecule has 2 aromatic rings. The molecule has 0 saturated carbocycles. The fourth-order valence-electron chi connectivity index (χ4n) is 2.84. The van der Waals surface area contributed by atoms with Crippen LogP contribution < -0.4 is 4.90 Å². The van der Waals surface area contributed by atoms with E-state index in [9.17, 15) is 18.0 Å². The molecule has 1 amide bonds. The normalized spacial score (nSPS) is 15.0. The van der Waals surface area contributed by atoms with Crippen molar-refractivity contribution < 1.29 is 22.7 Å². The lowest BCUT2D eigenvalue weighted by molar-refractivity contribution is -0.137. The number of hydrogen-bond acceptors (Lipinski definition) is 3. The lowest BCUT2D eigenvalue weighted by atomic mass is 10.1. The summed E-state index contributed by atoms with van der Waals surface area (Å²) in [4.78, 5) is 15.6. The maximum absolute atomic E-state index is 12.8. The number of piperazine rings is 1. The molecule has 0 aromatic heterocycles. The molecule has 0 N–H and O–H groups in total. The molecule has 26 heavy (non-hydrogen) atoms. The lowest BCUT2D eigenvalue weighted by Gasteiger charge is -2.35. The predicted octanol–water partition coefficient (Wildman–Crippen LogP) is 4.16. The third-order valence-corrected chi connectivity index (χ3v) is 4.28. The number of rotatable bonds is 3. The molecule has 1 heterocycles. The minimum Gasteiger partial charge on any atom is -0.445 e. The van der Waals surface area contributed by atoms with E-state index in [-0.39, 0.29) is 6.61 Å². The van der Waals surface area contributed by atoms with Crippen LogP contribution in [-0.2, 0) is 17.5 Å². The summed E-state index contributed by atoms with van der Waals surface area (Å²) in [6.07, 6.45) is -4.77. The van der Waals surface area contributed by atoms with Crippen LogP contribution in [0.2, 0.25) is 0 Å². The molecule has 1 saturated heterocycles. The number of halogens is 3. The Kier molecular flexibility index (Phi) is 5.35. The van der Waals surface area contributed by atoms with Crippen molar-refractivity contribution in [3.8, 4) is 0 Å². The molecule has 138 valence electrons. The van der Waals surface area contributed by atoms with Crippen molar-refractivity contribution in [2.75, 3.05) is 31.1 Å². The Hall–Kier alpha value is -2.70. The fraction of sp³-hybridized carbons (Fsp3) is 0.316. The Bertz CT molecular complexity index is 742. The first-order valence-electron chi connectivity index (χ1n) is 8.31. The molecule has 2 aromatic carbocycles. The first-order valence-corrected chi connectivity index (χ1v) is 8.31. The molecule has 1 aliphatic rings. The van der Waals surface area contributed by atoms with Gasteiger partial charge in [0.15, 0.2) is 0 Å². The van der Waals surface area contributed by atoms with Gasteiger partial charge in [0.1, 0.15) is 6.61 Å². The third kappa shape index (κ3) is 4.47. The van der Waals surface area contributed by atoms with Crippen LogP contribution in [0.25, 0.3) is 0 Å². The second kappa shape index (κ2) is 7.68. The fourth-order valence-corrected chi connectivity index (χ4v) is 2.84. The topological polar surface area (TPSA) is 32.8 Å². The Balaban J connectivity index is 1.53. The van der Waals surface area contributed by atoms with E-state index in [1.807, 2.05) is 35.2 Å². The summed E-state index contributed by atoms with van der Waals surface area (Å²) in [7, 11) is 0. The summed E-state index contributed by atoms with van der Waals surface area (Å²) in [5.41, 5.74) is 0.750. The zero-order valence-electron chi connectivity index (χ0n) is 14.1. The van der Waals surface area contributed by atoms with E-state index < -0.39 is 17.8 Å². The van der Waals surface area contributed by atoms with Gasteiger partial charge in [-0.3, -0.25) is 0 Å². The number of carbonyl (C=O) groups excluding carboxylic acids is 1. The molecule has 0 radical (unpaired) electrons. The van der Waals surface area contributed by atoms with Gasteiger partial charge in [-0.05, 0) is 23.8 Å². The largest absolute Gasteiger partial charge is 0.445 e. The molecule has 0 spiro atoms. The molecular weight excluding hydrogens is 345 g/mol. The van der Waals surface area contributed by atoms with Gasteiger partial charge in [-0.25, -0.2) is 4.79 Å². The summed E-state index contributed by atoms with van der Waals surface area (Å²) in [6, 6.07) is 14.6. The van der Waals surface area contributed by atoms with Crippen molar-refractivity contribution in [1.29, 1.82) is 0 Å². The Labute approximate surface area is 149 Å². The molecule has 7 heteroatoms. The van der Waals surface area contributed by atoms with Gasteiger partial charge in [0.05, 0.1) is 5.56 Å². The molecule has 0 bridgehead atoms. The van der Waals surface area contributed by atoms with Gasteiger partial charge in [0.2, 0.25) is 0 Å². The summed E-state index contributed by atoms with van der Waals surface area (Å²) in [6.45, 7) is 1.94. The van der Waals surface area contributed by atoms with Crippen LogP contribution in [0.3, 0.4) is 0 Å². The van der Waals surface area contributed by atoms with Crippen LogP contribution in [0.4, 0.5) is 23.7 Å². The number of amides is 1. The van der Waals surface area contributed by atoms with Crippen LogP contribution >= 0.6 is 0 Å². The summed E-state index contributed by atoms with van der Waals surface area (Å²) in [5.74, 6) is 0. The van der Waals surface area contributed by atoms with E-state index in [1.54, 1.807) is 11.0 Å². The SMILES string of the molecule is O=C(OCc1ccccc1)N1CCN(c2cccc(C(F)(F)F)c2)CC1. The number of alkyl halides is 3. The van der Waals surface area contributed by atoms with E-state index in [1.165, 1.54) is 6.07 Å². The Morgan fingerprint density at radius 3 is 2.31 bits per heavy atom. The predicted molar refractivity (Wildman–Crippen MR) is 91.9 cm³/mol. The zero-order chi connectivity index (χ0) is 18.6. The minimum absolute atomic E-state index is 0.202. The van der Waals surface area contributed by atoms with E-state index in [2.05, 4.69) is 0 Å². The van der Waals surface area contributed by atoms with Crippen molar-refractivity contribution in [1.82, 2.24) is 4.90 Å². The van der Waals surface area contributed by atoms with Gasteiger partial charge in [-0.2, -0.15) is 13.2 Å². The lowest BCUT2D eigenvalue weighted by Crippen LogP contribution is -2.49. The van der Waals surface area contributed by atoms with Crippen molar-refractivity contribution in [2.45, 2.75) is 12.8 Å². The van der Waals surface area contributed by atoms with Gasteiger partial charge in [-0.15, -0.1) is 0 Å². The van der Waals surface area contributed by atoms with Crippen LogP contribution in [0, 0.1) is 0 Å². The summed E-state index contributed by atoms with van der Waals surface area (Å²) >= 11 is 0. The molecule has 4 nitrogen and oxygen atoms in total. The van der Waals surface area contributed by atoms with Crippen LogP contribution in [-0.4, -0.2) is 37.2 Å². The van der Waals surface area contributed by atoms with E-state index in [0.717, 1.165) is 17.7 Å². The molecular formula is C19H19F3N2O2. The average Bonchev–Trinajstić information content (AvgIpc) is 2.66. The van der Waals surface area contributed by atoms with Gasteiger partial charge < -0.3 is 14.5 Å². The van der Waals surface area contributed by atoms with Crippen molar-refractivity contribution in [3.05, 3.63) is 65.7 Å². The van der Waals surface area contributed by atoms with E-state index in [0.29, 0.717) is 31.9 Å². The quantitative estimate of drug-likeness (QED) is 0.820. The van der Waals surface area contributed by atoms with Crippen LogP contribution in [0.1, 0.15) is 11.1 Å². The van der Waals surface area contributed by atoms with Crippen molar-refractivity contribution >= 4 is 11.8 Å². The molecule has 0 atom stereocenters. The van der Waals surface area contributed by atoms with Gasteiger partial charge in [0.25, 0.3) is 0 Å². The number of hydrogen-bond donors (Lipinski definition) is 0. The van der Waals surface area contributed by atoms with Crippen LogP contribution in [0.5, 0.6) is 0 Å².